The van der Waals surface area contributed by atoms with E-state index in [0.717, 1.165) is 57.6 Å². The molecule has 0 unspecified atom stereocenters. The Morgan fingerprint density at radius 2 is 1.61 bits per heavy atom. The van der Waals surface area contributed by atoms with Crippen LogP contribution in [0.1, 0.15) is 35.3 Å². The average Bonchev–Trinajstić information content (AvgIpc) is 2.83. The number of fused-ring (bicyclic) bond motifs is 1. The van der Waals surface area contributed by atoms with Gasteiger partial charge in [-0.3, -0.25) is 4.79 Å². The number of pyridine rings is 1. The summed E-state index contributed by atoms with van der Waals surface area (Å²) >= 11 is 0. The Labute approximate surface area is 182 Å². The Hall–Kier alpha value is -3.66. The van der Waals surface area contributed by atoms with Crippen molar-refractivity contribution in [1.29, 1.82) is 0 Å². The van der Waals surface area contributed by atoms with Crippen molar-refractivity contribution < 1.29 is 9.53 Å². The molecule has 0 aliphatic rings. The van der Waals surface area contributed by atoms with Gasteiger partial charge < -0.3 is 10.1 Å². The second-order valence-electron chi connectivity index (χ2n) is 7.42. The summed E-state index contributed by atoms with van der Waals surface area (Å²) in [6, 6.07) is 23.5. The number of benzene rings is 3. The Morgan fingerprint density at radius 3 is 2.32 bits per heavy atom. The number of aromatic nitrogens is 1. The van der Waals surface area contributed by atoms with Gasteiger partial charge in [-0.05, 0) is 48.2 Å². The summed E-state index contributed by atoms with van der Waals surface area (Å²) in [7, 11) is 1.64. The first-order chi connectivity index (χ1) is 15.1. The number of methoxy groups -OCH3 is 1. The van der Waals surface area contributed by atoms with Crippen molar-refractivity contribution in [3.63, 3.8) is 0 Å². The van der Waals surface area contributed by atoms with Crippen LogP contribution < -0.4 is 10.1 Å². The van der Waals surface area contributed by atoms with Crippen LogP contribution in [0.3, 0.4) is 0 Å². The molecule has 1 N–H and O–H groups in total. The molecule has 1 aromatic heterocycles. The van der Waals surface area contributed by atoms with Crippen molar-refractivity contribution in [3.05, 3.63) is 89.5 Å². The zero-order chi connectivity index (χ0) is 21.8. The number of carbonyl (C=O) groups excluding carboxylic acids is 1. The van der Waals surface area contributed by atoms with Gasteiger partial charge in [-0.1, -0.05) is 62.4 Å². The molecule has 0 spiro atoms. The summed E-state index contributed by atoms with van der Waals surface area (Å²) < 4.78 is 5.36. The highest BCUT2D eigenvalue weighted by molar-refractivity contribution is 6.13. The average molecular weight is 411 g/mol. The third kappa shape index (κ3) is 4.15. The maximum absolute atomic E-state index is 13.5. The number of hydrogen-bond donors (Lipinski definition) is 1. The van der Waals surface area contributed by atoms with Gasteiger partial charge in [-0.25, -0.2) is 4.98 Å². The summed E-state index contributed by atoms with van der Waals surface area (Å²) in [5.74, 6) is 0.626. The fourth-order valence-corrected chi connectivity index (χ4v) is 3.88. The molecular formula is C27H26N2O2. The van der Waals surface area contributed by atoms with E-state index < -0.39 is 0 Å². The molecule has 1 amide bonds. The van der Waals surface area contributed by atoms with Crippen LogP contribution in [0.5, 0.6) is 5.75 Å². The van der Waals surface area contributed by atoms with E-state index in [1.54, 1.807) is 7.11 Å². The third-order valence-electron chi connectivity index (χ3n) is 5.56. The first-order valence-corrected chi connectivity index (χ1v) is 10.6. The topological polar surface area (TPSA) is 51.2 Å². The van der Waals surface area contributed by atoms with E-state index in [4.69, 9.17) is 9.72 Å². The lowest BCUT2D eigenvalue weighted by Crippen LogP contribution is -2.16. The van der Waals surface area contributed by atoms with Crippen molar-refractivity contribution in [2.45, 2.75) is 26.7 Å². The van der Waals surface area contributed by atoms with Crippen LogP contribution in [0.15, 0.2) is 72.8 Å². The molecule has 0 fully saturated rings. The molecule has 3 aromatic carbocycles. The quantitative estimate of drug-likeness (QED) is 0.406. The summed E-state index contributed by atoms with van der Waals surface area (Å²) in [5.41, 5.74) is 6.23. The largest absolute Gasteiger partial charge is 0.497 e. The lowest BCUT2D eigenvalue weighted by atomic mass is 10.0. The normalized spacial score (nSPS) is 10.8. The second-order valence-corrected chi connectivity index (χ2v) is 7.42. The highest BCUT2D eigenvalue weighted by atomic mass is 16.5. The smallest absolute Gasteiger partial charge is 0.256 e. The Bertz CT molecular complexity index is 1220. The van der Waals surface area contributed by atoms with Crippen LogP contribution in [-0.2, 0) is 12.8 Å². The number of hydrogen-bond acceptors (Lipinski definition) is 3. The Kier molecular flexibility index (Phi) is 5.99. The molecule has 0 aliphatic heterocycles. The molecule has 0 atom stereocenters. The molecule has 0 aliphatic carbocycles. The Morgan fingerprint density at radius 1 is 0.903 bits per heavy atom. The van der Waals surface area contributed by atoms with Gasteiger partial charge in [0.25, 0.3) is 5.91 Å². The molecule has 0 radical (unpaired) electrons. The monoisotopic (exact) mass is 410 g/mol. The van der Waals surface area contributed by atoms with Crippen LogP contribution >= 0.6 is 0 Å². The van der Waals surface area contributed by atoms with Crippen LogP contribution in [0, 0.1) is 0 Å². The SMILES string of the molecule is CCc1cccc(CC)c1NC(=O)c1cc(-c2cccc(OC)c2)nc2ccccc12. The maximum atomic E-state index is 13.5. The third-order valence-corrected chi connectivity index (χ3v) is 5.56. The minimum absolute atomic E-state index is 0.127. The van der Waals surface area contributed by atoms with Gasteiger partial charge in [0.2, 0.25) is 0 Å². The fraction of sp³-hybridized carbons (Fsp3) is 0.185. The van der Waals surface area contributed by atoms with Crippen molar-refractivity contribution >= 4 is 22.5 Å². The number of nitrogens with one attached hydrogen (secondary N) is 1. The first kappa shape index (κ1) is 20.6. The number of rotatable bonds is 6. The molecule has 4 nitrogen and oxygen atoms in total. The van der Waals surface area contributed by atoms with E-state index in [9.17, 15) is 4.79 Å². The minimum Gasteiger partial charge on any atom is -0.497 e. The van der Waals surface area contributed by atoms with E-state index in [1.807, 2.05) is 54.6 Å². The zero-order valence-corrected chi connectivity index (χ0v) is 18.1. The highest BCUT2D eigenvalue weighted by Gasteiger charge is 2.17. The van der Waals surface area contributed by atoms with Gasteiger partial charge in [0, 0.05) is 16.6 Å². The minimum atomic E-state index is -0.127. The number of carbonyl (C=O) groups is 1. The fourth-order valence-electron chi connectivity index (χ4n) is 3.88. The van der Waals surface area contributed by atoms with Crippen molar-refractivity contribution in [2.75, 3.05) is 12.4 Å². The van der Waals surface area contributed by atoms with E-state index in [2.05, 4.69) is 37.4 Å². The van der Waals surface area contributed by atoms with Gasteiger partial charge in [0.1, 0.15) is 5.75 Å². The molecule has 0 saturated heterocycles. The van der Waals surface area contributed by atoms with Gasteiger partial charge in [0.15, 0.2) is 0 Å². The number of para-hydroxylation sites is 2. The molecule has 0 saturated carbocycles. The standard InChI is InChI=1S/C27H26N2O2/c1-4-18-10-8-11-19(5-2)26(18)29-27(30)23-17-25(20-12-9-13-21(16-20)31-3)28-24-15-7-6-14-22(23)24/h6-17H,4-5H2,1-3H3,(H,29,30). The van der Waals surface area contributed by atoms with Gasteiger partial charge in [-0.15, -0.1) is 0 Å². The molecule has 31 heavy (non-hydrogen) atoms. The van der Waals surface area contributed by atoms with Crippen molar-refractivity contribution in [3.8, 4) is 17.0 Å². The van der Waals surface area contributed by atoms with Gasteiger partial charge in [0.05, 0.1) is 23.9 Å². The lowest BCUT2D eigenvalue weighted by Gasteiger charge is -2.16. The zero-order valence-electron chi connectivity index (χ0n) is 18.1. The summed E-state index contributed by atoms with van der Waals surface area (Å²) in [6.07, 6.45) is 1.71. The lowest BCUT2D eigenvalue weighted by molar-refractivity contribution is 0.102. The van der Waals surface area contributed by atoms with Crippen LogP contribution in [0.4, 0.5) is 5.69 Å². The van der Waals surface area contributed by atoms with Crippen LogP contribution in [-0.4, -0.2) is 18.0 Å². The summed E-state index contributed by atoms with van der Waals surface area (Å²) in [4.78, 5) is 18.3. The molecule has 1 heterocycles. The van der Waals surface area contributed by atoms with Gasteiger partial charge in [-0.2, -0.15) is 0 Å². The van der Waals surface area contributed by atoms with Crippen LogP contribution in [0.2, 0.25) is 0 Å². The molecule has 0 bridgehead atoms. The van der Waals surface area contributed by atoms with E-state index in [0.29, 0.717) is 5.56 Å². The van der Waals surface area contributed by atoms with Gasteiger partial charge >= 0.3 is 0 Å². The molecule has 4 rings (SSSR count). The van der Waals surface area contributed by atoms with Crippen molar-refractivity contribution in [1.82, 2.24) is 4.98 Å². The molecular weight excluding hydrogens is 384 g/mol. The number of ether oxygens (including phenoxy) is 1. The summed E-state index contributed by atoms with van der Waals surface area (Å²) in [5, 5.41) is 4.03. The first-order valence-electron chi connectivity index (χ1n) is 10.6. The highest BCUT2D eigenvalue weighted by Crippen LogP contribution is 2.29. The molecule has 4 heteroatoms. The van der Waals surface area contributed by atoms with E-state index in [-0.39, 0.29) is 5.91 Å². The van der Waals surface area contributed by atoms with E-state index in [1.165, 1.54) is 0 Å². The van der Waals surface area contributed by atoms with Crippen LogP contribution in [0.25, 0.3) is 22.2 Å². The number of nitrogens with zero attached hydrogens (tertiary/aromatic N) is 1. The number of aryl methyl sites for hydroxylation is 2. The Balaban J connectivity index is 1.83. The maximum Gasteiger partial charge on any atom is 0.256 e. The molecule has 4 aromatic rings. The molecule has 156 valence electrons. The predicted octanol–water partition coefficient (Wildman–Crippen LogP) is 6.29. The second kappa shape index (κ2) is 9.00. The predicted molar refractivity (Wildman–Crippen MR) is 127 cm³/mol. The van der Waals surface area contributed by atoms with Crippen molar-refractivity contribution in [2.24, 2.45) is 0 Å². The summed E-state index contributed by atoms with van der Waals surface area (Å²) in [6.45, 7) is 4.21. The number of anilines is 1. The number of amides is 1. The van der Waals surface area contributed by atoms with E-state index >= 15 is 0 Å².